The van der Waals surface area contributed by atoms with Crippen LogP contribution < -0.4 is 15.0 Å². The number of hydrogen-bond donors (Lipinski definition) is 1. The van der Waals surface area contributed by atoms with Gasteiger partial charge in [0.2, 0.25) is 0 Å². The van der Waals surface area contributed by atoms with E-state index in [0.29, 0.717) is 17.1 Å². The Morgan fingerprint density at radius 3 is 2.30 bits per heavy atom. The van der Waals surface area contributed by atoms with Gasteiger partial charge in [0, 0.05) is 52.1 Å². The molecule has 0 aromatic heterocycles. The van der Waals surface area contributed by atoms with Crippen LogP contribution in [0.1, 0.15) is 57.9 Å². The maximum atomic E-state index is 13.6. The number of carbonyl (C=O) groups is 1. The van der Waals surface area contributed by atoms with E-state index >= 15 is 0 Å². The SMILES string of the molecule is CCCCN(c1ccc(C)cc1)c1ccc2c(c1)Oc1cc(C)c(Nc3ccc(F)cc3)cc1C21OC(=O)c2ccccc21. The molecule has 2 aliphatic rings. The molecule has 0 saturated carbocycles. The molecule has 2 heterocycles. The number of hydrogen-bond acceptors (Lipinski definition) is 5. The first-order chi connectivity index (χ1) is 21.4. The Bertz CT molecular complexity index is 1880. The average molecular weight is 585 g/mol. The Hall–Kier alpha value is -5.10. The minimum absolute atomic E-state index is 0.300. The maximum absolute atomic E-state index is 13.6. The number of unbranched alkanes of at least 4 members (excludes halogenated alkanes) is 1. The lowest BCUT2D eigenvalue weighted by atomic mass is 9.77. The van der Waals surface area contributed by atoms with E-state index < -0.39 is 5.60 Å². The minimum Gasteiger partial charge on any atom is -0.456 e. The Labute approximate surface area is 256 Å². The van der Waals surface area contributed by atoms with E-state index in [-0.39, 0.29) is 11.8 Å². The summed E-state index contributed by atoms with van der Waals surface area (Å²) in [6.45, 7) is 7.13. The third kappa shape index (κ3) is 4.58. The standard InChI is InChI=1S/C38H33FN2O3/c1-4-5-20-41(28-16-10-24(2)11-17-28)29-18-19-32-36(22-29)43-35-21-25(3)34(40-27-14-12-26(39)13-15-27)23-33(35)38(32)31-9-7-6-8-30(31)37(42)44-38/h6-19,21-23,40H,4-5,20H2,1-3H3. The van der Waals surface area contributed by atoms with Crippen LogP contribution in [-0.2, 0) is 10.3 Å². The maximum Gasteiger partial charge on any atom is 0.340 e. The molecule has 5 aromatic rings. The molecule has 0 amide bonds. The van der Waals surface area contributed by atoms with Crippen LogP contribution >= 0.6 is 0 Å². The van der Waals surface area contributed by atoms with E-state index in [1.807, 2.05) is 49.4 Å². The van der Waals surface area contributed by atoms with Crippen molar-refractivity contribution in [2.75, 3.05) is 16.8 Å². The number of nitrogens with zero attached hydrogens (tertiary/aromatic N) is 1. The first-order valence-corrected chi connectivity index (χ1v) is 15.0. The Morgan fingerprint density at radius 1 is 0.795 bits per heavy atom. The van der Waals surface area contributed by atoms with Gasteiger partial charge in [0.05, 0.1) is 5.56 Å². The van der Waals surface area contributed by atoms with Crippen molar-refractivity contribution in [3.05, 3.63) is 142 Å². The number of fused-ring (bicyclic) bond motifs is 6. The van der Waals surface area contributed by atoms with Crippen molar-refractivity contribution in [1.82, 2.24) is 0 Å². The van der Waals surface area contributed by atoms with E-state index in [0.717, 1.165) is 64.4 Å². The van der Waals surface area contributed by atoms with Gasteiger partial charge in [0.15, 0.2) is 5.60 Å². The number of carbonyl (C=O) groups excluding carboxylic acids is 1. The summed E-state index contributed by atoms with van der Waals surface area (Å²) in [6, 6.07) is 32.5. The van der Waals surface area contributed by atoms with Crippen molar-refractivity contribution in [2.45, 2.75) is 39.2 Å². The molecule has 1 atom stereocenters. The molecule has 6 heteroatoms. The summed E-state index contributed by atoms with van der Waals surface area (Å²) >= 11 is 0. The number of rotatable bonds is 7. The summed E-state index contributed by atoms with van der Waals surface area (Å²) < 4.78 is 26.7. The molecular formula is C38H33FN2O3. The number of ether oxygens (including phenoxy) is 2. The second-order valence-corrected chi connectivity index (χ2v) is 11.5. The second kappa shape index (κ2) is 10.9. The molecule has 220 valence electrons. The number of halogens is 1. The number of anilines is 4. The van der Waals surface area contributed by atoms with Crippen molar-refractivity contribution < 1.29 is 18.7 Å². The fourth-order valence-corrected chi connectivity index (χ4v) is 6.25. The topological polar surface area (TPSA) is 50.8 Å². The zero-order chi connectivity index (χ0) is 30.4. The monoisotopic (exact) mass is 584 g/mol. The van der Waals surface area contributed by atoms with Crippen LogP contribution in [0.5, 0.6) is 11.5 Å². The lowest BCUT2D eigenvalue weighted by Gasteiger charge is -2.38. The third-order valence-corrected chi connectivity index (χ3v) is 8.56. The van der Waals surface area contributed by atoms with E-state index in [9.17, 15) is 9.18 Å². The number of esters is 1. The van der Waals surface area contributed by atoms with E-state index in [1.54, 1.807) is 12.1 Å². The number of nitrogens with one attached hydrogen (secondary N) is 1. The normalized spacial score (nSPS) is 16.0. The quantitative estimate of drug-likeness (QED) is 0.193. The van der Waals surface area contributed by atoms with Gasteiger partial charge < -0.3 is 19.7 Å². The van der Waals surface area contributed by atoms with Crippen LogP contribution in [0.2, 0.25) is 0 Å². The Kier molecular flexibility index (Phi) is 6.85. The Morgan fingerprint density at radius 2 is 1.52 bits per heavy atom. The van der Waals surface area contributed by atoms with Gasteiger partial charge in [-0.2, -0.15) is 0 Å². The van der Waals surface area contributed by atoms with Gasteiger partial charge in [-0.1, -0.05) is 49.2 Å². The van der Waals surface area contributed by atoms with Gasteiger partial charge in [-0.3, -0.25) is 0 Å². The van der Waals surface area contributed by atoms with E-state index in [1.165, 1.54) is 17.7 Å². The summed E-state index contributed by atoms with van der Waals surface area (Å²) in [5.74, 6) is 0.594. The van der Waals surface area contributed by atoms with Gasteiger partial charge in [0.1, 0.15) is 17.3 Å². The molecule has 2 aliphatic heterocycles. The molecule has 7 rings (SSSR count). The molecule has 0 bridgehead atoms. The van der Waals surface area contributed by atoms with Crippen LogP contribution in [0.4, 0.5) is 27.1 Å². The predicted octanol–water partition coefficient (Wildman–Crippen LogP) is 9.69. The Balaban J connectivity index is 1.39. The van der Waals surface area contributed by atoms with Crippen molar-refractivity contribution in [1.29, 1.82) is 0 Å². The van der Waals surface area contributed by atoms with Crippen LogP contribution in [-0.4, -0.2) is 12.5 Å². The van der Waals surface area contributed by atoms with Gasteiger partial charge in [-0.25, -0.2) is 9.18 Å². The zero-order valence-corrected chi connectivity index (χ0v) is 25.0. The lowest BCUT2D eigenvalue weighted by molar-refractivity contribution is 0.0224. The molecule has 0 saturated heterocycles. The highest BCUT2D eigenvalue weighted by atomic mass is 19.1. The van der Waals surface area contributed by atoms with Crippen molar-refractivity contribution in [3.8, 4) is 11.5 Å². The van der Waals surface area contributed by atoms with Gasteiger partial charge in [-0.15, -0.1) is 0 Å². The third-order valence-electron chi connectivity index (χ3n) is 8.56. The molecule has 5 nitrogen and oxygen atoms in total. The highest BCUT2D eigenvalue weighted by Crippen LogP contribution is 2.57. The fourth-order valence-electron chi connectivity index (χ4n) is 6.25. The van der Waals surface area contributed by atoms with Crippen LogP contribution in [0.25, 0.3) is 0 Å². The molecule has 0 radical (unpaired) electrons. The van der Waals surface area contributed by atoms with Crippen molar-refractivity contribution in [3.63, 3.8) is 0 Å². The predicted molar refractivity (Wildman–Crippen MR) is 172 cm³/mol. The molecule has 0 fully saturated rings. The van der Waals surface area contributed by atoms with Crippen LogP contribution in [0, 0.1) is 19.7 Å². The summed E-state index contributed by atoms with van der Waals surface area (Å²) in [5, 5.41) is 3.41. The molecule has 1 spiro atoms. The van der Waals surface area contributed by atoms with E-state index in [2.05, 4.69) is 60.5 Å². The van der Waals surface area contributed by atoms with Gasteiger partial charge >= 0.3 is 5.97 Å². The molecule has 5 aromatic carbocycles. The molecule has 44 heavy (non-hydrogen) atoms. The summed E-state index contributed by atoms with van der Waals surface area (Å²) in [4.78, 5) is 15.7. The zero-order valence-electron chi connectivity index (χ0n) is 25.0. The van der Waals surface area contributed by atoms with E-state index in [4.69, 9.17) is 9.47 Å². The lowest BCUT2D eigenvalue weighted by Crippen LogP contribution is -2.33. The van der Waals surface area contributed by atoms with Crippen LogP contribution in [0.3, 0.4) is 0 Å². The van der Waals surface area contributed by atoms with Gasteiger partial charge in [-0.05, 0) is 92.6 Å². The van der Waals surface area contributed by atoms with Gasteiger partial charge in [0.25, 0.3) is 0 Å². The molecule has 0 aliphatic carbocycles. The average Bonchev–Trinajstić information content (AvgIpc) is 3.32. The largest absolute Gasteiger partial charge is 0.456 e. The summed E-state index contributed by atoms with van der Waals surface area (Å²) in [6.07, 6.45) is 2.10. The fraction of sp³-hybridized carbons (Fsp3) is 0.184. The first-order valence-electron chi connectivity index (χ1n) is 15.0. The van der Waals surface area contributed by atoms with Crippen LogP contribution in [0.15, 0.2) is 103 Å². The highest BCUT2D eigenvalue weighted by Gasteiger charge is 2.53. The summed E-state index contributed by atoms with van der Waals surface area (Å²) in [5.41, 5.74) is 7.43. The first kappa shape index (κ1) is 27.7. The van der Waals surface area contributed by atoms with Crippen molar-refractivity contribution in [2.24, 2.45) is 0 Å². The number of aryl methyl sites for hydroxylation is 2. The number of benzene rings is 5. The molecule has 1 unspecified atom stereocenters. The minimum atomic E-state index is -1.19. The highest BCUT2D eigenvalue weighted by molar-refractivity contribution is 5.97. The second-order valence-electron chi connectivity index (χ2n) is 11.5. The molecular weight excluding hydrogens is 551 g/mol. The smallest absolute Gasteiger partial charge is 0.340 e. The molecule has 1 N–H and O–H groups in total. The summed E-state index contributed by atoms with van der Waals surface area (Å²) in [7, 11) is 0. The van der Waals surface area contributed by atoms with Crippen molar-refractivity contribution >= 4 is 28.7 Å².